The van der Waals surface area contributed by atoms with Crippen molar-refractivity contribution in [2.75, 3.05) is 13.7 Å². The first-order chi connectivity index (χ1) is 13.4. The third-order valence-corrected chi connectivity index (χ3v) is 7.10. The van der Waals surface area contributed by atoms with Crippen LogP contribution in [0.4, 0.5) is 0 Å². The van der Waals surface area contributed by atoms with Gasteiger partial charge >= 0.3 is 10.1 Å². The molecule has 1 atom stereocenters. The predicted molar refractivity (Wildman–Crippen MR) is 111 cm³/mol. The lowest BCUT2D eigenvalue weighted by atomic mass is 10.1. The number of aryl methyl sites for hydroxylation is 1. The highest BCUT2D eigenvalue weighted by atomic mass is 32.2. The number of ether oxygens (including phenoxy) is 1. The molecule has 28 heavy (non-hydrogen) atoms. The monoisotopic (exact) mass is 420 g/mol. The quantitative estimate of drug-likeness (QED) is 0.729. The van der Waals surface area contributed by atoms with Gasteiger partial charge in [-0.2, -0.15) is 8.42 Å². The van der Waals surface area contributed by atoms with Crippen molar-refractivity contribution >= 4 is 27.7 Å². The molecule has 3 rings (SSSR count). The molecule has 150 valence electrons. The average molecular weight is 421 g/mol. The Hall–Kier alpha value is -2.03. The van der Waals surface area contributed by atoms with Crippen LogP contribution in [0.15, 0.2) is 53.4 Å². The third-order valence-electron chi connectivity index (χ3n) is 4.51. The van der Waals surface area contributed by atoms with Gasteiger partial charge in [0, 0.05) is 12.3 Å². The molecule has 1 saturated heterocycles. The van der Waals surface area contributed by atoms with E-state index in [1.165, 1.54) is 17.2 Å². The summed E-state index contributed by atoms with van der Waals surface area (Å²) in [5, 5.41) is 9.51. The van der Waals surface area contributed by atoms with Crippen molar-refractivity contribution in [2.45, 2.75) is 35.7 Å². The summed E-state index contributed by atoms with van der Waals surface area (Å²) in [6, 6.07) is 14.3. The molecule has 1 heterocycles. The molecule has 1 aliphatic rings. The van der Waals surface area contributed by atoms with Gasteiger partial charge < -0.3 is 4.74 Å². The number of hydrogen-bond donors (Lipinski definition) is 1. The Labute approximate surface area is 170 Å². The molecule has 0 saturated carbocycles. The first kappa shape index (κ1) is 20.7. The normalized spacial score (nSPS) is 17.6. The minimum atomic E-state index is -3.95. The van der Waals surface area contributed by atoms with E-state index in [-0.39, 0.29) is 16.0 Å². The number of nitrogens with zero attached hydrogens (tertiary/aromatic N) is 1. The Balaban J connectivity index is 1.62. The minimum absolute atomic E-state index is 0.0962. The van der Waals surface area contributed by atoms with Crippen molar-refractivity contribution in [2.24, 2.45) is 0 Å². The van der Waals surface area contributed by atoms with Gasteiger partial charge in [-0.3, -0.25) is 5.41 Å². The highest BCUT2D eigenvalue weighted by molar-refractivity contribution is 7.99. The second-order valence-electron chi connectivity index (χ2n) is 6.62. The summed E-state index contributed by atoms with van der Waals surface area (Å²) in [7, 11) is -2.31. The van der Waals surface area contributed by atoms with Crippen LogP contribution >= 0.6 is 11.8 Å². The molecule has 0 spiro atoms. The van der Waals surface area contributed by atoms with Gasteiger partial charge in [0.25, 0.3) is 0 Å². The summed E-state index contributed by atoms with van der Waals surface area (Å²) in [6.07, 6.45) is 1.59. The van der Waals surface area contributed by atoms with Crippen LogP contribution in [0.3, 0.4) is 0 Å². The maximum Gasteiger partial charge on any atom is 0.317 e. The summed E-state index contributed by atoms with van der Waals surface area (Å²) < 4.78 is 35.5. The Kier molecular flexibility index (Phi) is 6.64. The van der Waals surface area contributed by atoms with Gasteiger partial charge in [0.15, 0.2) is 0 Å². The van der Waals surface area contributed by atoms with Gasteiger partial charge in [-0.1, -0.05) is 29.8 Å². The number of methoxy groups -OCH3 is 1. The fourth-order valence-electron chi connectivity index (χ4n) is 2.86. The van der Waals surface area contributed by atoms with Gasteiger partial charge in [-0.05, 0) is 49.6 Å². The number of hydroxylamine groups is 2. The van der Waals surface area contributed by atoms with Crippen LogP contribution in [-0.4, -0.2) is 38.2 Å². The number of hydrogen-bond acceptors (Lipinski definition) is 6. The molecule has 2 aromatic rings. The van der Waals surface area contributed by atoms with Crippen molar-refractivity contribution in [1.82, 2.24) is 5.06 Å². The summed E-state index contributed by atoms with van der Waals surface area (Å²) in [6.45, 7) is 2.28. The lowest BCUT2D eigenvalue weighted by Gasteiger charge is -2.32. The van der Waals surface area contributed by atoms with Crippen LogP contribution in [0.1, 0.15) is 24.0 Å². The predicted octanol–water partition coefficient (Wildman–Crippen LogP) is 4.00. The molecule has 1 N–H and O–H groups in total. The molecule has 0 bridgehead atoms. The largest absolute Gasteiger partial charge is 0.497 e. The fourth-order valence-corrected chi connectivity index (χ4v) is 5.00. The van der Waals surface area contributed by atoms with Crippen LogP contribution < -0.4 is 4.74 Å². The second kappa shape index (κ2) is 8.98. The topological polar surface area (TPSA) is 79.7 Å². The van der Waals surface area contributed by atoms with Crippen molar-refractivity contribution in [1.29, 1.82) is 5.41 Å². The Morgan fingerprint density at radius 1 is 1.14 bits per heavy atom. The van der Waals surface area contributed by atoms with Gasteiger partial charge in [-0.15, -0.1) is 16.0 Å². The van der Waals surface area contributed by atoms with E-state index in [9.17, 15) is 8.42 Å². The Morgan fingerprint density at radius 3 is 2.46 bits per heavy atom. The lowest BCUT2D eigenvalue weighted by Crippen LogP contribution is -2.43. The van der Waals surface area contributed by atoms with Crippen LogP contribution in [0, 0.1) is 12.3 Å². The fraction of sp³-hybridized carbons (Fsp3) is 0.350. The van der Waals surface area contributed by atoms with E-state index in [0.717, 1.165) is 35.5 Å². The zero-order valence-corrected chi connectivity index (χ0v) is 17.6. The molecule has 8 heteroatoms. The third kappa shape index (κ3) is 5.06. The number of thioether (sulfide) groups is 1. The highest BCUT2D eigenvalue weighted by Gasteiger charge is 2.30. The SMILES string of the molecule is COc1ccc(CSC2CCCN(OS(=O)(=O)c3ccc(C)cc3)C2=N)cc1. The van der Waals surface area contributed by atoms with Crippen LogP contribution in [0.25, 0.3) is 0 Å². The van der Waals surface area contributed by atoms with E-state index >= 15 is 0 Å². The summed E-state index contributed by atoms with van der Waals surface area (Å²) in [5.74, 6) is 1.73. The summed E-state index contributed by atoms with van der Waals surface area (Å²) >= 11 is 1.62. The molecule has 1 aliphatic heterocycles. The van der Waals surface area contributed by atoms with E-state index in [2.05, 4.69) is 0 Å². The number of benzene rings is 2. The van der Waals surface area contributed by atoms with Crippen molar-refractivity contribution in [3.8, 4) is 5.75 Å². The van der Waals surface area contributed by atoms with Crippen molar-refractivity contribution in [3.05, 3.63) is 59.7 Å². The minimum Gasteiger partial charge on any atom is -0.497 e. The highest BCUT2D eigenvalue weighted by Crippen LogP contribution is 2.29. The van der Waals surface area contributed by atoms with Crippen molar-refractivity contribution in [3.63, 3.8) is 0 Å². The zero-order chi connectivity index (χ0) is 20.1. The first-order valence-corrected chi connectivity index (χ1v) is 11.5. The summed E-state index contributed by atoms with van der Waals surface area (Å²) in [5.41, 5.74) is 2.10. The second-order valence-corrected chi connectivity index (χ2v) is 9.34. The number of amidine groups is 1. The molecule has 0 radical (unpaired) electrons. The smallest absolute Gasteiger partial charge is 0.317 e. The molecular weight excluding hydrogens is 396 g/mol. The molecule has 0 aromatic heterocycles. The molecule has 0 aliphatic carbocycles. The van der Waals surface area contributed by atoms with Crippen molar-refractivity contribution < 1.29 is 17.4 Å². The standard InChI is InChI=1S/C20H24N2O4S2/c1-15-5-11-18(12-6-15)28(23,24)26-22-13-3-4-19(20(22)21)27-14-16-7-9-17(25-2)10-8-16/h5-12,19,21H,3-4,13-14H2,1-2H3. The first-order valence-electron chi connectivity index (χ1n) is 9.01. The van der Waals surface area contributed by atoms with E-state index in [4.69, 9.17) is 14.4 Å². The maximum absolute atomic E-state index is 12.5. The van der Waals surface area contributed by atoms with Gasteiger partial charge in [-0.25, -0.2) is 5.06 Å². The van der Waals surface area contributed by atoms with E-state index in [0.29, 0.717) is 6.54 Å². The van der Waals surface area contributed by atoms with Crippen LogP contribution in [-0.2, 0) is 20.2 Å². The summed E-state index contributed by atoms with van der Waals surface area (Å²) in [4.78, 5) is 0.0962. The number of piperidine rings is 1. The van der Waals surface area contributed by atoms with E-state index < -0.39 is 10.1 Å². The van der Waals surface area contributed by atoms with Gasteiger partial charge in [0.1, 0.15) is 11.6 Å². The Morgan fingerprint density at radius 2 is 1.82 bits per heavy atom. The molecule has 1 fully saturated rings. The molecule has 2 aromatic carbocycles. The van der Waals surface area contributed by atoms with Crippen LogP contribution in [0.2, 0.25) is 0 Å². The Bertz CT molecular complexity index is 912. The van der Waals surface area contributed by atoms with Crippen LogP contribution in [0.5, 0.6) is 5.75 Å². The molecule has 6 nitrogen and oxygen atoms in total. The van der Waals surface area contributed by atoms with E-state index in [1.54, 1.807) is 31.0 Å². The zero-order valence-electron chi connectivity index (χ0n) is 15.9. The molecular formula is C20H24N2O4S2. The van der Waals surface area contributed by atoms with Gasteiger partial charge in [0.05, 0.1) is 17.3 Å². The number of rotatable bonds is 7. The van der Waals surface area contributed by atoms with E-state index in [1.807, 2.05) is 31.2 Å². The maximum atomic E-state index is 12.5. The molecule has 1 unspecified atom stereocenters. The average Bonchev–Trinajstić information content (AvgIpc) is 2.69. The molecule has 0 amide bonds. The number of nitrogens with one attached hydrogen (secondary N) is 1. The van der Waals surface area contributed by atoms with Gasteiger partial charge in [0.2, 0.25) is 0 Å². The lowest BCUT2D eigenvalue weighted by molar-refractivity contribution is 0.0155.